The molecule has 0 aliphatic carbocycles. The molecular formula is C29H37N3O5S. The van der Waals surface area contributed by atoms with Gasteiger partial charge in [-0.3, -0.25) is 9.59 Å². The van der Waals surface area contributed by atoms with Crippen molar-refractivity contribution in [1.29, 1.82) is 0 Å². The minimum atomic E-state index is -3.95. The lowest BCUT2D eigenvalue weighted by atomic mass is 10.1. The molecule has 0 spiro atoms. The van der Waals surface area contributed by atoms with Crippen LogP contribution in [0.1, 0.15) is 32.8 Å². The largest absolute Gasteiger partial charge is 0.497 e. The lowest BCUT2D eigenvalue weighted by molar-refractivity contribution is -0.141. The second-order valence-corrected chi connectivity index (χ2v) is 11.8. The van der Waals surface area contributed by atoms with Crippen LogP contribution < -0.4 is 10.1 Å². The van der Waals surface area contributed by atoms with E-state index in [-0.39, 0.29) is 23.3 Å². The van der Waals surface area contributed by atoms with E-state index >= 15 is 0 Å². The summed E-state index contributed by atoms with van der Waals surface area (Å²) in [7, 11) is -1.01. The summed E-state index contributed by atoms with van der Waals surface area (Å²) in [5.41, 5.74) is 0.771. The van der Waals surface area contributed by atoms with Crippen LogP contribution in [-0.2, 0) is 26.2 Å². The first-order chi connectivity index (χ1) is 18.1. The zero-order chi connectivity index (χ0) is 27.9. The predicted octanol–water partition coefficient (Wildman–Crippen LogP) is 4.05. The number of rotatable bonds is 12. The second-order valence-electron chi connectivity index (χ2n) is 9.71. The average molecular weight is 540 g/mol. The third-order valence-corrected chi connectivity index (χ3v) is 8.14. The van der Waals surface area contributed by atoms with Crippen LogP contribution in [0.5, 0.6) is 5.75 Å². The van der Waals surface area contributed by atoms with Crippen molar-refractivity contribution in [3.8, 4) is 5.75 Å². The fourth-order valence-electron chi connectivity index (χ4n) is 4.18. The number of hydrogen-bond donors (Lipinski definition) is 1. The number of fused-ring (bicyclic) bond motifs is 1. The molecule has 2 amide bonds. The van der Waals surface area contributed by atoms with Gasteiger partial charge in [0, 0.05) is 20.1 Å². The molecule has 0 heterocycles. The molecule has 1 atom stereocenters. The summed E-state index contributed by atoms with van der Waals surface area (Å²) in [5, 5.41) is 4.63. The fourth-order valence-corrected chi connectivity index (χ4v) is 5.34. The van der Waals surface area contributed by atoms with E-state index in [1.807, 2.05) is 57.2 Å². The molecule has 38 heavy (non-hydrogen) atoms. The molecule has 0 saturated carbocycles. The first-order valence-corrected chi connectivity index (χ1v) is 14.2. The number of methoxy groups -OCH3 is 1. The highest BCUT2D eigenvalue weighted by Crippen LogP contribution is 2.22. The molecule has 0 aromatic heterocycles. The molecule has 0 unspecified atom stereocenters. The van der Waals surface area contributed by atoms with Crippen molar-refractivity contribution in [2.75, 3.05) is 27.2 Å². The van der Waals surface area contributed by atoms with Crippen LogP contribution in [-0.4, -0.2) is 62.7 Å². The van der Waals surface area contributed by atoms with Gasteiger partial charge < -0.3 is 15.0 Å². The van der Waals surface area contributed by atoms with E-state index < -0.39 is 28.5 Å². The van der Waals surface area contributed by atoms with E-state index in [1.54, 1.807) is 37.4 Å². The van der Waals surface area contributed by atoms with Crippen LogP contribution in [0.15, 0.2) is 71.6 Å². The molecule has 0 radical (unpaired) electrons. The van der Waals surface area contributed by atoms with Crippen molar-refractivity contribution < 1.29 is 22.7 Å². The quantitative estimate of drug-likeness (QED) is 0.375. The zero-order valence-corrected chi connectivity index (χ0v) is 23.5. The van der Waals surface area contributed by atoms with Crippen molar-refractivity contribution in [2.45, 2.75) is 44.7 Å². The van der Waals surface area contributed by atoms with Gasteiger partial charge in [-0.05, 0) is 52.9 Å². The smallest absolute Gasteiger partial charge is 0.243 e. The van der Waals surface area contributed by atoms with Gasteiger partial charge in [0.15, 0.2) is 0 Å². The molecule has 0 aliphatic heterocycles. The number of nitrogens with one attached hydrogen (secondary N) is 1. The number of nitrogens with zero attached hydrogens (tertiary/aromatic N) is 2. The number of ether oxygens (including phenoxy) is 1. The number of hydrogen-bond acceptors (Lipinski definition) is 5. The van der Waals surface area contributed by atoms with Gasteiger partial charge >= 0.3 is 0 Å². The van der Waals surface area contributed by atoms with E-state index in [9.17, 15) is 18.0 Å². The summed E-state index contributed by atoms with van der Waals surface area (Å²) < 4.78 is 33.1. The van der Waals surface area contributed by atoms with Gasteiger partial charge in [-0.15, -0.1) is 0 Å². The first kappa shape index (κ1) is 29.1. The van der Waals surface area contributed by atoms with Crippen molar-refractivity contribution in [2.24, 2.45) is 5.92 Å². The highest BCUT2D eigenvalue weighted by Gasteiger charge is 2.32. The first-order valence-electron chi connectivity index (χ1n) is 12.7. The molecule has 0 saturated heterocycles. The van der Waals surface area contributed by atoms with E-state index in [1.165, 1.54) is 11.9 Å². The zero-order valence-electron chi connectivity index (χ0n) is 22.7. The highest BCUT2D eigenvalue weighted by molar-refractivity contribution is 7.89. The Labute approximate surface area is 225 Å². The van der Waals surface area contributed by atoms with Crippen molar-refractivity contribution in [3.05, 3.63) is 72.3 Å². The lowest BCUT2D eigenvalue weighted by Crippen LogP contribution is -2.52. The lowest BCUT2D eigenvalue weighted by Gasteiger charge is -2.32. The summed E-state index contributed by atoms with van der Waals surface area (Å²) in [6, 6.07) is 18.9. The molecule has 0 bridgehead atoms. The summed E-state index contributed by atoms with van der Waals surface area (Å²) in [4.78, 5) is 28.3. The molecule has 0 aliphatic rings. The molecular weight excluding hydrogens is 502 g/mol. The molecule has 3 aromatic rings. The number of amides is 2. The number of likely N-dealkylation sites (N-methyl/N-ethyl adjacent to an activating group) is 1. The van der Waals surface area contributed by atoms with Gasteiger partial charge in [-0.1, -0.05) is 63.2 Å². The van der Waals surface area contributed by atoms with Gasteiger partial charge in [0.1, 0.15) is 11.8 Å². The minimum absolute atomic E-state index is 0.104. The molecule has 8 nitrogen and oxygen atoms in total. The van der Waals surface area contributed by atoms with Gasteiger partial charge in [-0.2, -0.15) is 4.31 Å². The Morgan fingerprint density at radius 2 is 1.68 bits per heavy atom. The monoisotopic (exact) mass is 539 g/mol. The summed E-state index contributed by atoms with van der Waals surface area (Å²) >= 11 is 0. The molecule has 1 N–H and O–H groups in total. The third kappa shape index (κ3) is 7.11. The van der Waals surface area contributed by atoms with Gasteiger partial charge in [0.25, 0.3) is 0 Å². The van der Waals surface area contributed by atoms with E-state index in [0.29, 0.717) is 18.7 Å². The minimum Gasteiger partial charge on any atom is -0.497 e. The van der Waals surface area contributed by atoms with Gasteiger partial charge in [-0.25, -0.2) is 8.42 Å². The summed E-state index contributed by atoms with van der Waals surface area (Å²) in [6.07, 6.45) is 0.376. The normalized spacial score (nSPS) is 12.5. The van der Waals surface area contributed by atoms with E-state index in [0.717, 1.165) is 20.6 Å². The Morgan fingerprint density at radius 1 is 0.974 bits per heavy atom. The SMILES string of the molecule is CC[C@@H](C(=O)NCC(C)C)N(Cc1cccc(OC)c1)C(=O)CN(C)S(=O)(=O)c1ccc2ccccc2c1. The molecule has 204 valence electrons. The standard InChI is InChI=1S/C29H37N3O5S/c1-6-27(29(34)30-18-21(2)3)32(19-22-10-9-13-25(16-22)37-5)28(33)20-31(4)38(35,36)26-15-14-23-11-7-8-12-24(23)17-26/h7-17,21,27H,6,18-20H2,1-5H3,(H,30,34)/t27-/m0/s1. The van der Waals surface area contributed by atoms with Gasteiger partial charge in [0.05, 0.1) is 18.6 Å². The van der Waals surface area contributed by atoms with Crippen LogP contribution in [0.3, 0.4) is 0 Å². The maximum atomic E-state index is 13.7. The Kier molecular flexibility index (Phi) is 9.88. The van der Waals surface area contributed by atoms with Crippen LogP contribution in [0.2, 0.25) is 0 Å². The van der Waals surface area contributed by atoms with Crippen LogP contribution in [0, 0.1) is 5.92 Å². The predicted molar refractivity (Wildman–Crippen MR) is 149 cm³/mol. The maximum absolute atomic E-state index is 13.7. The van der Waals surface area contributed by atoms with Crippen LogP contribution in [0.4, 0.5) is 0 Å². The Balaban J connectivity index is 1.88. The molecule has 9 heteroatoms. The van der Waals surface area contributed by atoms with Crippen LogP contribution in [0.25, 0.3) is 10.8 Å². The van der Waals surface area contributed by atoms with Crippen molar-refractivity contribution in [3.63, 3.8) is 0 Å². The Morgan fingerprint density at radius 3 is 2.34 bits per heavy atom. The Bertz CT molecular complexity index is 1370. The van der Waals surface area contributed by atoms with Crippen molar-refractivity contribution >= 4 is 32.6 Å². The topological polar surface area (TPSA) is 96.0 Å². The third-order valence-electron chi connectivity index (χ3n) is 6.34. The maximum Gasteiger partial charge on any atom is 0.243 e. The Hall–Kier alpha value is -3.43. The second kappa shape index (κ2) is 12.9. The number of carbonyl (C=O) groups excluding carboxylic acids is 2. The summed E-state index contributed by atoms with van der Waals surface area (Å²) in [6.45, 7) is 6.02. The van der Waals surface area contributed by atoms with E-state index in [2.05, 4.69) is 5.32 Å². The number of sulfonamides is 1. The number of benzene rings is 3. The summed E-state index contributed by atoms with van der Waals surface area (Å²) in [5.74, 6) is 0.143. The molecule has 3 aromatic carbocycles. The highest BCUT2D eigenvalue weighted by atomic mass is 32.2. The van der Waals surface area contributed by atoms with Crippen molar-refractivity contribution in [1.82, 2.24) is 14.5 Å². The molecule has 0 fully saturated rings. The average Bonchev–Trinajstić information content (AvgIpc) is 2.91. The van der Waals surface area contributed by atoms with E-state index in [4.69, 9.17) is 4.74 Å². The number of carbonyl (C=O) groups is 2. The van der Waals surface area contributed by atoms with Gasteiger partial charge in [0.2, 0.25) is 21.8 Å². The fraction of sp³-hybridized carbons (Fsp3) is 0.379. The van der Waals surface area contributed by atoms with Crippen LogP contribution >= 0.6 is 0 Å². The molecule has 3 rings (SSSR count).